The number of benzene rings is 2. The number of nitrogens with zero attached hydrogens (tertiary/aromatic N) is 2. The van der Waals surface area contributed by atoms with E-state index in [1.54, 1.807) is 24.3 Å². The van der Waals surface area contributed by atoms with Crippen LogP contribution in [-0.2, 0) is 24.5 Å². The Morgan fingerprint density at radius 2 is 1.66 bits per heavy atom. The minimum absolute atomic E-state index is 0.118. The summed E-state index contributed by atoms with van der Waals surface area (Å²) in [5, 5.41) is 5.64. The zero-order valence-electron chi connectivity index (χ0n) is 18.2. The fourth-order valence-corrected chi connectivity index (χ4v) is 2.99. The molecule has 2 N–H and O–H groups in total. The Balaban J connectivity index is 1.31. The predicted molar refractivity (Wildman–Crippen MR) is 123 cm³/mol. The third-order valence-corrected chi connectivity index (χ3v) is 4.78. The highest BCUT2D eigenvalue weighted by Gasteiger charge is 2.09. The van der Waals surface area contributed by atoms with Crippen LogP contribution in [0.1, 0.15) is 23.1 Å². The van der Waals surface area contributed by atoms with Gasteiger partial charge in [-0.05, 0) is 29.3 Å². The highest BCUT2D eigenvalue weighted by Crippen LogP contribution is 2.14. The maximum atomic E-state index is 12.2. The first kappa shape index (κ1) is 22.8. The molecule has 0 saturated carbocycles. The second-order valence-corrected chi connectivity index (χ2v) is 7.39. The summed E-state index contributed by atoms with van der Waals surface area (Å²) >= 11 is 0. The highest BCUT2D eigenvalue weighted by atomic mass is 16.5. The van der Waals surface area contributed by atoms with E-state index in [-0.39, 0.29) is 24.9 Å². The first-order valence-corrected chi connectivity index (χ1v) is 10.5. The van der Waals surface area contributed by atoms with Gasteiger partial charge in [-0.15, -0.1) is 0 Å². The normalized spacial score (nSPS) is 10.3. The van der Waals surface area contributed by atoms with Crippen LogP contribution in [0.4, 0.5) is 4.79 Å². The highest BCUT2D eigenvalue weighted by molar-refractivity contribution is 5.78. The van der Waals surface area contributed by atoms with Crippen LogP contribution in [0.25, 0.3) is 0 Å². The number of pyridine rings is 1. The number of nitrogens with one attached hydrogen (secondary N) is 2. The molecule has 7 nitrogen and oxygen atoms in total. The smallest absolute Gasteiger partial charge is 0.317 e. The lowest BCUT2D eigenvalue weighted by Gasteiger charge is -2.18. The number of hydrogen-bond acceptors (Lipinski definition) is 4. The van der Waals surface area contributed by atoms with Gasteiger partial charge in [0.25, 0.3) is 0 Å². The molecule has 0 spiro atoms. The molecule has 0 radical (unpaired) electrons. The topological polar surface area (TPSA) is 83.6 Å². The van der Waals surface area contributed by atoms with Crippen molar-refractivity contribution in [1.82, 2.24) is 20.5 Å². The van der Waals surface area contributed by atoms with Crippen molar-refractivity contribution in [3.8, 4) is 5.75 Å². The first-order valence-electron chi connectivity index (χ1n) is 10.5. The summed E-state index contributed by atoms with van der Waals surface area (Å²) in [6.07, 6.45) is 3.72. The summed E-state index contributed by atoms with van der Waals surface area (Å²) in [5.41, 5.74) is 3.03. The zero-order chi connectivity index (χ0) is 22.6. The number of carbonyl (C=O) groups is 2. The van der Waals surface area contributed by atoms with E-state index in [2.05, 4.69) is 15.6 Å². The molecule has 3 rings (SSSR count). The Bertz CT molecular complexity index is 979. The van der Waals surface area contributed by atoms with Gasteiger partial charge >= 0.3 is 6.03 Å². The van der Waals surface area contributed by atoms with Crippen molar-refractivity contribution >= 4 is 11.9 Å². The van der Waals surface area contributed by atoms with Gasteiger partial charge in [-0.3, -0.25) is 9.78 Å². The van der Waals surface area contributed by atoms with Crippen molar-refractivity contribution in [2.24, 2.45) is 0 Å². The average molecular weight is 433 g/mol. The lowest BCUT2D eigenvalue weighted by molar-refractivity contribution is -0.121. The van der Waals surface area contributed by atoms with E-state index >= 15 is 0 Å². The van der Waals surface area contributed by atoms with E-state index < -0.39 is 0 Å². The Hall–Kier alpha value is -3.87. The van der Waals surface area contributed by atoms with Crippen LogP contribution in [-0.4, -0.2) is 35.4 Å². The maximum absolute atomic E-state index is 12.2. The van der Waals surface area contributed by atoms with Gasteiger partial charge in [-0.25, -0.2) is 4.79 Å². The Kier molecular flexibility index (Phi) is 8.62. The van der Waals surface area contributed by atoms with E-state index in [9.17, 15) is 9.59 Å². The number of hydrogen-bond donors (Lipinski definition) is 2. The summed E-state index contributed by atoms with van der Waals surface area (Å²) < 4.78 is 5.73. The van der Waals surface area contributed by atoms with Crippen LogP contribution in [0.3, 0.4) is 0 Å². The van der Waals surface area contributed by atoms with E-state index in [0.717, 1.165) is 22.4 Å². The molecule has 1 aromatic heterocycles. The fraction of sp³-hybridized carbons (Fsp3) is 0.240. The Morgan fingerprint density at radius 1 is 0.906 bits per heavy atom. The Labute approximate surface area is 188 Å². The molecule has 32 heavy (non-hydrogen) atoms. The molecule has 2 aromatic carbocycles. The standard InChI is InChI=1S/C25H28N4O3/c1-29(18-21-6-3-2-4-7-21)25(31)27-15-13-24(30)28-17-20-9-11-23(12-10-20)32-19-22-8-5-14-26-16-22/h2-12,14,16H,13,15,17-19H2,1H3,(H,27,31)(H,28,30). The number of amides is 3. The van der Waals surface area contributed by atoms with Gasteiger partial charge in [0.1, 0.15) is 12.4 Å². The van der Waals surface area contributed by atoms with Gasteiger partial charge in [0.05, 0.1) is 0 Å². The van der Waals surface area contributed by atoms with Gasteiger partial charge in [-0.1, -0.05) is 48.5 Å². The van der Waals surface area contributed by atoms with Crippen LogP contribution in [0, 0.1) is 0 Å². The quantitative estimate of drug-likeness (QED) is 0.514. The van der Waals surface area contributed by atoms with Crippen molar-refractivity contribution in [2.45, 2.75) is 26.1 Å². The number of ether oxygens (including phenoxy) is 1. The largest absolute Gasteiger partial charge is 0.489 e. The van der Waals surface area contributed by atoms with E-state index in [1.807, 2.05) is 66.7 Å². The zero-order valence-corrected chi connectivity index (χ0v) is 18.2. The lowest BCUT2D eigenvalue weighted by Crippen LogP contribution is -2.38. The van der Waals surface area contributed by atoms with Crippen molar-refractivity contribution in [3.05, 3.63) is 95.8 Å². The van der Waals surface area contributed by atoms with Crippen molar-refractivity contribution in [2.75, 3.05) is 13.6 Å². The molecule has 0 atom stereocenters. The Morgan fingerprint density at radius 3 is 2.38 bits per heavy atom. The second-order valence-electron chi connectivity index (χ2n) is 7.39. The molecular formula is C25H28N4O3. The SMILES string of the molecule is CN(Cc1ccccc1)C(=O)NCCC(=O)NCc1ccc(OCc2cccnc2)cc1. The molecule has 0 fully saturated rings. The average Bonchev–Trinajstić information content (AvgIpc) is 2.83. The predicted octanol–water partition coefficient (Wildman–Crippen LogP) is 3.51. The summed E-state index contributed by atoms with van der Waals surface area (Å²) in [5.74, 6) is 0.638. The molecule has 0 unspecified atom stereocenters. The number of rotatable bonds is 10. The third-order valence-electron chi connectivity index (χ3n) is 4.78. The van der Waals surface area contributed by atoms with Crippen LogP contribution < -0.4 is 15.4 Å². The second kappa shape index (κ2) is 12.1. The van der Waals surface area contributed by atoms with Crippen LogP contribution in [0.5, 0.6) is 5.75 Å². The van der Waals surface area contributed by atoms with Gasteiger partial charge in [0.2, 0.25) is 5.91 Å². The number of urea groups is 1. The number of carbonyl (C=O) groups excluding carboxylic acids is 2. The summed E-state index contributed by atoms with van der Waals surface area (Å²) in [6, 6.07) is 21.0. The minimum atomic E-state index is -0.205. The van der Waals surface area contributed by atoms with Crippen LogP contribution >= 0.6 is 0 Å². The van der Waals surface area contributed by atoms with Gasteiger partial charge in [-0.2, -0.15) is 0 Å². The molecule has 0 saturated heterocycles. The van der Waals surface area contributed by atoms with E-state index in [0.29, 0.717) is 19.7 Å². The van der Waals surface area contributed by atoms with Crippen molar-refractivity contribution in [3.63, 3.8) is 0 Å². The fourth-order valence-electron chi connectivity index (χ4n) is 2.99. The molecule has 0 aliphatic heterocycles. The van der Waals surface area contributed by atoms with Crippen LogP contribution in [0.2, 0.25) is 0 Å². The number of aromatic nitrogens is 1. The molecule has 166 valence electrons. The summed E-state index contributed by atoms with van der Waals surface area (Å²) in [6.45, 7) is 1.67. The molecule has 1 heterocycles. The molecule has 0 bridgehead atoms. The third kappa shape index (κ3) is 7.75. The molecule has 3 aromatic rings. The molecule has 0 aliphatic carbocycles. The van der Waals surface area contributed by atoms with E-state index in [1.165, 1.54) is 0 Å². The van der Waals surface area contributed by atoms with Crippen molar-refractivity contribution < 1.29 is 14.3 Å². The maximum Gasteiger partial charge on any atom is 0.317 e. The minimum Gasteiger partial charge on any atom is -0.489 e. The monoisotopic (exact) mass is 432 g/mol. The molecular weight excluding hydrogens is 404 g/mol. The van der Waals surface area contributed by atoms with E-state index in [4.69, 9.17) is 4.74 Å². The van der Waals surface area contributed by atoms with Crippen LogP contribution in [0.15, 0.2) is 79.1 Å². The summed E-state index contributed by atoms with van der Waals surface area (Å²) in [7, 11) is 1.73. The summed E-state index contributed by atoms with van der Waals surface area (Å²) in [4.78, 5) is 29.9. The first-order chi connectivity index (χ1) is 15.6. The molecule has 7 heteroatoms. The molecule has 3 amide bonds. The van der Waals surface area contributed by atoms with Gasteiger partial charge < -0.3 is 20.3 Å². The van der Waals surface area contributed by atoms with Gasteiger partial charge in [0, 0.05) is 51.1 Å². The molecule has 0 aliphatic rings. The lowest BCUT2D eigenvalue weighted by atomic mass is 10.2. The van der Waals surface area contributed by atoms with Gasteiger partial charge in [0.15, 0.2) is 0 Å². The van der Waals surface area contributed by atoms with Crippen molar-refractivity contribution in [1.29, 1.82) is 0 Å².